The normalized spacial score (nSPS) is 30.5. The zero-order valence-electron chi connectivity index (χ0n) is 23.6. The summed E-state index contributed by atoms with van der Waals surface area (Å²) >= 11 is 0. The number of hydrogen-bond donors (Lipinski definition) is 3. The zero-order chi connectivity index (χ0) is 28.6. The van der Waals surface area contributed by atoms with Crippen molar-refractivity contribution in [1.82, 2.24) is 10.6 Å². The Kier molecular flexibility index (Phi) is 10.7. The number of carbonyl (C=O) groups excluding carboxylic acids is 4. The third kappa shape index (κ3) is 10.6. The molecule has 0 aliphatic heterocycles. The Hall–Kier alpha value is -2.74. The summed E-state index contributed by atoms with van der Waals surface area (Å²) in [5.74, 6) is 0. The van der Waals surface area contributed by atoms with Crippen LogP contribution in [0.3, 0.4) is 0 Å². The Morgan fingerprint density at radius 2 is 1.16 bits per heavy atom. The van der Waals surface area contributed by atoms with Crippen molar-refractivity contribution in [3.05, 3.63) is 0 Å². The molecule has 0 heterocycles. The van der Waals surface area contributed by atoms with Crippen LogP contribution in [0.4, 0.5) is 9.59 Å². The molecule has 38 heavy (non-hydrogen) atoms. The van der Waals surface area contributed by atoms with Crippen molar-refractivity contribution in [1.29, 1.82) is 0 Å². The molecule has 0 radical (unpaired) electrons. The molecule has 3 N–H and O–H groups in total. The van der Waals surface area contributed by atoms with Crippen molar-refractivity contribution in [2.75, 3.05) is 26.3 Å². The summed E-state index contributed by atoms with van der Waals surface area (Å²) in [6.07, 6.45) is 5.30. The smallest absolute Gasteiger partial charge is 0.407 e. The Morgan fingerprint density at radius 3 is 1.50 bits per heavy atom. The van der Waals surface area contributed by atoms with Gasteiger partial charge in [0.15, 0.2) is 0 Å². The molecule has 0 bridgehead atoms. The number of aliphatic hydroxyl groups is 1. The molecular formula is C27H44N4O7. The van der Waals surface area contributed by atoms with Gasteiger partial charge in [-0.1, -0.05) is 41.5 Å². The van der Waals surface area contributed by atoms with Crippen LogP contribution in [0.15, 0.2) is 9.98 Å². The predicted octanol–water partition coefficient (Wildman–Crippen LogP) is 3.64. The fourth-order valence-electron chi connectivity index (χ4n) is 6.82. The predicted molar refractivity (Wildman–Crippen MR) is 140 cm³/mol. The molecule has 2 fully saturated rings. The Labute approximate surface area is 225 Å². The fraction of sp³-hybridized carbons (Fsp3) is 0.852. The molecule has 0 aromatic carbocycles. The van der Waals surface area contributed by atoms with Crippen molar-refractivity contribution in [2.24, 2.45) is 31.6 Å². The maximum Gasteiger partial charge on any atom is 0.407 e. The number of aliphatic imine (C=N–C) groups is 2. The number of isocyanates is 2. The van der Waals surface area contributed by atoms with Gasteiger partial charge in [-0.25, -0.2) is 29.2 Å². The first kappa shape index (κ1) is 31.5. The topological polar surface area (TPSA) is 156 Å². The molecule has 11 nitrogen and oxygen atoms in total. The van der Waals surface area contributed by atoms with Crippen LogP contribution in [0.5, 0.6) is 0 Å². The van der Waals surface area contributed by atoms with Crippen LogP contribution in [-0.4, -0.2) is 73.9 Å². The molecule has 4 atom stereocenters. The molecule has 0 aromatic heterocycles. The van der Waals surface area contributed by atoms with E-state index in [4.69, 9.17) is 9.47 Å². The second kappa shape index (κ2) is 12.9. The number of ether oxygens (including phenoxy) is 2. The number of alkyl carbamates (subject to hydrolysis) is 2. The summed E-state index contributed by atoms with van der Waals surface area (Å²) in [6.45, 7) is 12.5. The Bertz CT molecular complexity index is 868. The highest BCUT2D eigenvalue weighted by molar-refractivity contribution is 5.67. The van der Waals surface area contributed by atoms with Crippen molar-refractivity contribution in [3.8, 4) is 0 Å². The molecule has 2 rings (SSSR count). The lowest BCUT2D eigenvalue weighted by molar-refractivity contribution is 0.0186. The van der Waals surface area contributed by atoms with E-state index in [9.17, 15) is 24.3 Å². The molecule has 214 valence electrons. The average molecular weight is 537 g/mol. The van der Waals surface area contributed by atoms with Gasteiger partial charge in [0.05, 0.1) is 12.1 Å². The molecule has 2 aliphatic carbocycles. The van der Waals surface area contributed by atoms with E-state index < -0.39 is 18.3 Å². The number of nitrogens with one attached hydrogen (secondary N) is 2. The lowest BCUT2D eigenvalue weighted by atomic mass is 9.62. The molecule has 0 aromatic rings. The van der Waals surface area contributed by atoms with Crippen molar-refractivity contribution in [2.45, 2.75) is 98.3 Å². The minimum atomic E-state index is -1.18. The van der Waals surface area contributed by atoms with E-state index in [1.807, 2.05) is 13.8 Å². The van der Waals surface area contributed by atoms with Crippen LogP contribution in [0.25, 0.3) is 0 Å². The van der Waals surface area contributed by atoms with Crippen molar-refractivity contribution >= 4 is 24.3 Å². The van der Waals surface area contributed by atoms with Gasteiger partial charge in [0.2, 0.25) is 12.2 Å². The fourth-order valence-corrected chi connectivity index (χ4v) is 6.82. The van der Waals surface area contributed by atoms with Crippen LogP contribution in [0.2, 0.25) is 0 Å². The minimum absolute atomic E-state index is 0.0343. The van der Waals surface area contributed by atoms with Gasteiger partial charge in [-0.05, 0) is 60.2 Å². The molecule has 2 amide bonds. The van der Waals surface area contributed by atoms with Gasteiger partial charge in [-0.15, -0.1) is 0 Å². The molecular weight excluding hydrogens is 492 g/mol. The SMILES string of the molecule is CC1(C)CC(N=C=O)CC(C)(CNC(=O)OCC(O)COC(=O)NCC2(C)CC(N=C=O)CC(C)(C)C2)C1. The van der Waals surface area contributed by atoms with E-state index in [0.717, 1.165) is 25.7 Å². The highest BCUT2D eigenvalue weighted by Gasteiger charge is 2.42. The average Bonchev–Trinajstić information content (AvgIpc) is 2.76. The van der Waals surface area contributed by atoms with Crippen molar-refractivity contribution < 1.29 is 33.8 Å². The lowest BCUT2D eigenvalue weighted by Crippen LogP contribution is -2.45. The quantitative estimate of drug-likeness (QED) is 0.284. The van der Waals surface area contributed by atoms with Gasteiger partial charge < -0.3 is 25.2 Å². The van der Waals surface area contributed by atoms with E-state index in [2.05, 4.69) is 48.3 Å². The maximum absolute atomic E-state index is 12.2. The molecule has 2 aliphatic rings. The highest BCUT2D eigenvalue weighted by Crippen LogP contribution is 2.47. The van der Waals surface area contributed by atoms with Gasteiger partial charge in [-0.2, -0.15) is 0 Å². The minimum Gasteiger partial charge on any atom is -0.447 e. The largest absolute Gasteiger partial charge is 0.447 e. The first-order valence-electron chi connectivity index (χ1n) is 13.2. The van der Waals surface area contributed by atoms with E-state index in [0.29, 0.717) is 25.9 Å². The van der Waals surface area contributed by atoms with Gasteiger partial charge in [0.1, 0.15) is 19.3 Å². The summed E-state index contributed by atoms with van der Waals surface area (Å²) in [5.41, 5.74) is -0.605. The zero-order valence-corrected chi connectivity index (χ0v) is 23.6. The number of rotatable bonds is 10. The number of nitrogens with zero attached hydrogens (tertiary/aromatic N) is 2. The van der Waals surface area contributed by atoms with E-state index in [1.165, 1.54) is 0 Å². The molecule has 4 unspecified atom stereocenters. The van der Waals surface area contributed by atoms with Crippen LogP contribution >= 0.6 is 0 Å². The molecule has 11 heteroatoms. The first-order chi connectivity index (χ1) is 17.6. The number of carbonyl (C=O) groups is 2. The van der Waals surface area contributed by atoms with Gasteiger partial charge in [0.25, 0.3) is 0 Å². The third-order valence-electron chi connectivity index (χ3n) is 7.45. The molecule has 2 saturated carbocycles. The second-order valence-corrected chi connectivity index (χ2v) is 13.4. The summed E-state index contributed by atoms with van der Waals surface area (Å²) in [6, 6.07) is -0.273. The van der Waals surface area contributed by atoms with E-state index in [1.54, 1.807) is 12.2 Å². The van der Waals surface area contributed by atoms with Gasteiger partial charge in [-0.3, -0.25) is 0 Å². The number of amides is 2. The lowest BCUT2D eigenvalue weighted by Gasteiger charge is -2.45. The van der Waals surface area contributed by atoms with Gasteiger partial charge >= 0.3 is 12.2 Å². The van der Waals surface area contributed by atoms with Crippen LogP contribution in [0, 0.1) is 21.7 Å². The summed E-state index contributed by atoms with van der Waals surface area (Å²) in [7, 11) is 0. The summed E-state index contributed by atoms with van der Waals surface area (Å²) < 4.78 is 10.2. The maximum atomic E-state index is 12.2. The van der Waals surface area contributed by atoms with Crippen LogP contribution < -0.4 is 10.6 Å². The van der Waals surface area contributed by atoms with Crippen LogP contribution in [-0.2, 0) is 19.1 Å². The van der Waals surface area contributed by atoms with E-state index in [-0.39, 0.29) is 47.0 Å². The number of hydrogen-bond acceptors (Lipinski definition) is 9. The van der Waals surface area contributed by atoms with E-state index >= 15 is 0 Å². The standard InChI is InChI=1S/C27H44N4O7/c1-24(2)7-19(30-17-32)9-26(5,13-24)15-28-22(35)37-11-21(34)12-38-23(36)29-16-27(6)10-20(31-18-33)8-25(3,4)14-27/h19-21,34H,7-16H2,1-6H3,(H,28,35)(H,29,36). The van der Waals surface area contributed by atoms with Crippen molar-refractivity contribution in [3.63, 3.8) is 0 Å². The summed E-state index contributed by atoms with van der Waals surface area (Å²) in [4.78, 5) is 53.7. The third-order valence-corrected chi connectivity index (χ3v) is 7.45. The monoisotopic (exact) mass is 536 g/mol. The number of aliphatic hydroxyl groups excluding tert-OH is 1. The highest BCUT2D eigenvalue weighted by atomic mass is 16.6. The summed E-state index contributed by atoms with van der Waals surface area (Å²) in [5, 5.41) is 15.6. The van der Waals surface area contributed by atoms with Crippen LogP contribution in [0.1, 0.15) is 80.1 Å². The van der Waals surface area contributed by atoms with Gasteiger partial charge in [0, 0.05) is 13.1 Å². The molecule has 0 spiro atoms. The molecule has 0 saturated heterocycles. The first-order valence-corrected chi connectivity index (χ1v) is 13.2. The Balaban J connectivity index is 1.71. The Morgan fingerprint density at radius 1 is 0.789 bits per heavy atom. The second-order valence-electron chi connectivity index (χ2n) is 13.4.